The van der Waals surface area contributed by atoms with Gasteiger partial charge in [-0.05, 0) is 12.1 Å². The quantitative estimate of drug-likeness (QED) is 0.793. The molecule has 2 N–H and O–H groups in total. The van der Waals surface area contributed by atoms with Crippen LogP contribution in [0, 0.1) is 23.0 Å². The van der Waals surface area contributed by atoms with Crippen LogP contribution in [0.25, 0.3) is 0 Å². The molecule has 1 aromatic rings. The van der Waals surface area contributed by atoms with Gasteiger partial charge in [0.15, 0.2) is 11.6 Å². The van der Waals surface area contributed by atoms with Gasteiger partial charge in [0.25, 0.3) is 0 Å². The summed E-state index contributed by atoms with van der Waals surface area (Å²) >= 11 is 0. The zero-order chi connectivity index (χ0) is 10.6. The molecule has 0 spiro atoms. The molecule has 0 aliphatic heterocycles. The molecular weight excluding hydrogens is 190 g/mol. The second kappa shape index (κ2) is 4.53. The molecule has 0 fully saturated rings. The number of nitrogens with two attached hydrogens (primary N) is 1. The Hall–Kier alpha value is -1.67. The van der Waals surface area contributed by atoms with E-state index >= 15 is 0 Å². The molecule has 1 aromatic carbocycles. The first-order valence-electron chi connectivity index (χ1n) is 3.87. The number of hydrogen-bond acceptors (Lipinski definition) is 3. The van der Waals surface area contributed by atoms with Gasteiger partial charge in [-0.15, -0.1) is 0 Å². The topological polar surface area (TPSA) is 59.0 Å². The largest absolute Gasteiger partial charge is 0.488 e. The fourth-order valence-corrected chi connectivity index (χ4v) is 0.812. The van der Waals surface area contributed by atoms with Gasteiger partial charge in [-0.1, -0.05) is 6.07 Å². The first-order chi connectivity index (χ1) is 6.65. The van der Waals surface area contributed by atoms with E-state index in [1.807, 2.05) is 0 Å². The zero-order valence-electron chi connectivity index (χ0n) is 7.21. The average molecular weight is 198 g/mol. The second-order valence-electron chi connectivity index (χ2n) is 2.60. The minimum absolute atomic E-state index is 0.170. The molecule has 0 amide bonds. The van der Waals surface area contributed by atoms with E-state index in [9.17, 15) is 8.78 Å². The SMILES string of the molecule is N#CC(N)COc1cccc(F)c1F. The average Bonchev–Trinajstić information content (AvgIpc) is 2.20. The van der Waals surface area contributed by atoms with Crippen molar-refractivity contribution >= 4 is 0 Å². The van der Waals surface area contributed by atoms with Crippen LogP contribution in [0.4, 0.5) is 8.78 Å². The first kappa shape index (κ1) is 10.4. The number of halogens is 2. The van der Waals surface area contributed by atoms with E-state index < -0.39 is 17.7 Å². The van der Waals surface area contributed by atoms with E-state index in [-0.39, 0.29) is 12.4 Å². The number of ether oxygens (including phenoxy) is 1. The van der Waals surface area contributed by atoms with Gasteiger partial charge >= 0.3 is 0 Å². The summed E-state index contributed by atoms with van der Waals surface area (Å²) in [6, 6.07) is 4.41. The Morgan fingerprint density at radius 3 is 2.86 bits per heavy atom. The molecule has 1 rings (SSSR count). The normalized spacial score (nSPS) is 11.9. The Kier molecular flexibility index (Phi) is 3.37. The summed E-state index contributed by atoms with van der Waals surface area (Å²) in [6.45, 7) is -0.170. The lowest BCUT2D eigenvalue weighted by Gasteiger charge is -2.07. The van der Waals surface area contributed by atoms with E-state index in [4.69, 9.17) is 15.7 Å². The van der Waals surface area contributed by atoms with Crippen LogP contribution in [-0.4, -0.2) is 12.6 Å². The minimum atomic E-state index is -1.07. The van der Waals surface area contributed by atoms with Crippen LogP contribution in [0.2, 0.25) is 0 Å². The Bertz CT molecular complexity index is 362. The highest BCUT2D eigenvalue weighted by Gasteiger charge is 2.09. The third kappa shape index (κ3) is 2.41. The van der Waals surface area contributed by atoms with Gasteiger partial charge in [0, 0.05) is 0 Å². The molecule has 74 valence electrons. The molecular formula is C9H8F2N2O. The van der Waals surface area contributed by atoms with Gasteiger partial charge in [0.05, 0.1) is 6.07 Å². The van der Waals surface area contributed by atoms with Crippen LogP contribution in [0.5, 0.6) is 5.75 Å². The van der Waals surface area contributed by atoms with Crippen LogP contribution in [-0.2, 0) is 0 Å². The van der Waals surface area contributed by atoms with Gasteiger partial charge in [0.2, 0.25) is 5.82 Å². The number of nitriles is 1. The standard InChI is InChI=1S/C9H8F2N2O/c10-7-2-1-3-8(9(7)11)14-5-6(13)4-12/h1-3,6H,5,13H2. The van der Waals surface area contributed by atoms with Gasteiger partial charge in [-0.2, -0.15) is 9.65 Å². The zero-order valence-corrected chi connectivity index (χ0v) is 7.21. The van der Waals surface area contributed by atoms with Gasteiger partial charge in [-0.25, -0.2) is 4.39 Å². The van der Waals surface area contributed by atoms with Crippen molar-refractivity contribution < 1.29 is 13.5 Å². The van der Waals surface area contributed by atoms with Crippen LogP contribution in [0.3, 0.4) is 0 Å². The molecule has 0 aromatic heterocycles. The molecule has 0 aliphatic carbocycles. The molecule has 1 unspecified atom stereocenters. The van der Waals surface area contributed by atoms with Crippen molar-refractivity contribution in [1.82, 2.24) is 0 Å². The van der Waals surface area contributed by atoms with Crippen LogP contribution >= 0.6 is 0 Å². The fraction of sp³-hybridized carbons (Fsp3) is 0.222. The summed E-state index contributed by atoms with van der Waals surface area (Å²) < 4.78 is 30.4. The summed E-state index contributed by atoms with van der Waals surface area (Å²) in [5, 5.41) is 8.31. The van der Waals surface area contributed by atoms with E-state index in [1.54, 1.807) is 6.07 Å². The molecule has 0 saturated heterocycles. The Balaban J connectivity index is 2.69. The molecule has 0 bridgehead atoms. The third-order valence-electron chi connectivity index (χ3n) is 1.50. The lowest BCUT2D eigenvalue weighted by Crippen LogP contribution is -2.25. The minimum Gasteiger partial charge on any atom is -0.488 e. The van der Waals surface area contributed by atoms with Crippen LogP contribution in [0.15, 0.2) is 18.2 Å². The van der Waals surface area contributed by atoms with Crippen LogP contribution in [0.1, 0.15) is 0 Å². The molecule has 14 heavy (non-hydrogen) atoms. The fourth-order valence-electron chi connectivity index (χ4n) is 0.812. The lowest BCUT2D eigenvalue weighted by molar-refractivity contribution is 0.288. The monoisotopic (exact) mass is 198 g/mol. The van der Waals surface area contributed by atoms with Crippen molar-refractivity contribution in [3.63, 3.8) is 0 Å². The van der Waals surface area contributed by atoms with Crippen molar-refractivity contribution in [2.24, 2.45) is 5.73 Å². The van der Waals surface area contributed by atoms with Crippen molar-refractivity contribution in [2.45, 2.75) is 6.04 Å². The molecule has 0 heterocycles. The van der Waals surface area contributed by atoms with E-state index in [1.165, 1.54) is 12.1 Å². The molecule has 3 nitrogen and oxygen atoms in total. The highest BCUT2D eigenvalue weighted by molar-refractivity contribution is 5.25. The summed E-state index contributed by atoms with van der Waals surface area (Å²) in [4.78, 5) is 0. The van der Waals surface area contributed by atoms with Crippen molar-refractivity contribution in [3.05, 3.63) is 29.8 Å². The maximum atomic E-state index is 12.9. The third-order valence-corrected chi connectivity index (χ3v) is 1.50. The summed E-state index contributed by atoms with van der Waals surface area (Å²) in [7, 11) is 0. The molecule has 0 aliphatic rings. The van der Waals surface area contributed by atoms with E-state index in [0.717, 1.165) is 6.07 Å². The second-order valence-corrected chi connectivity index (χ2v) is 2.60. The Morgan fingerprint density at radius 1 is 1.50 bits per heavy atom. The highest BCUT2D eigenvalue weighted by Crippen LogP contribution is 2.18. The van der Waals surface area contributed by atoms with Gasteiger partial charge in [-0.3, -0.25) is 0 Å². The number of benzene rings is 1. The molecule has 1 atom stereocenters. The number of rotatable bonds is 3. The maximum Gasteiger partial charge on any atom is 0.200 e. The lowest BCUT2D eigenvalue weighted by atomic mass is 10.3. The smallest absolute Gasteiger partial charge is 0.200 e. The molecule has 0 saturated carbocycles. The number of hydrogen-bond donors (Lipinski definition) is 1. The Labute approximate surface area is 79.7 Å². The molecule has 0 radical (unpaired) electrons. The first-order valence-corrected chi connectivity index (χ1v) is 3.87. The van der Waals surface area contributed by atoms with Gasteiger partial charge < -0.3 is 10.5 Å². The summed E-state index contributed by atoms with van der Waals surface area (Å²) in [5.74, 6) is -2.30. The number of nitrogens with zero attached hydrogens (tertiary/aromatic N) is 1. The van der Waals surface area contributed by atoms with E-state index in [2.05, 4.69) is 0 Å². The van der Waals surface area contributed by atoms with Gasteiger partial charge in [0.1, 0.15) is 12.6 Å². The molecule has 5 heteroatoms. The van der Waals surface area contributed by atoms with Crippen molar-refractivity contribution in [2.75, 3.05) is 6.61 Å². The predicted octanol–water partition coefficient (Wildman–Crippen LogP) is 1.19. The predicted molar refractivity (Wildman–Crippen MR) is 45.4 cm³/mol. The maximum absolute atomic E-state index is 12.9. The van der Waals surface area contributed by atoms with E-state index in [0.29, 0.717) is 0 Å². The highest BCUT2D eigenvalue weighted by atomic mass is 19.2. The summed E-state index contributed by atoms with van der Waals surface area (Å²) in [6.07, 6.45) is 0. The summed E-state index contributed by atoms with van der Waals surface area (Å²) in [5.41, 5.74) is 5.21. The Morgan fingerprint density at radius 2 is 2.21 bits per heavy atom. The van der Waals surface area contributed by atoms with Crippen molar-refractivity contribution in [1.29, 1.82) is 5.26 Å². The van der Waals surface area contributed by atoms with Crippen LogP contribution < -0.4 is 10.5 Å². The van der Waals surface area contributed by atoms with Crippen molar-refractivity contribution in [3.8, 4) is 11.8 Å².